The first-order chi connectivity index (χ1) is 10.5. The summed E-state index contributed by atoms with van der Waals surface area (Å²) in [5.74, 6) is -0.761. The van der Waals surface area contributed by atoms with E-state index in [1.54, 1.807) is 6.07 Å². The Kier molecular flexibility index (Phi) is 4.67. The number of nitro groups is 1. The molecule has 0 bridgehead atoms. The second-order valence-electron chi connectivity index (χ2n) is 4.48. The van der Waals surface area contributed by atoms with E-state index in [0.29, 0.717) is 5.75 Å². The van der Waals surface area contributed by atoms with Gasteiger partial charge in [-0.05, 0) is 31.2 Å². The maximum absolute atomic E-state index is 13.4. The molecule has 0 aliphatic rings. The van der Waals surface area contributed by atoms with Crippen LogP contribution in [-0.2, 0) is 4.79 Å². The lowest BCUT2D eigenvalue weighted by Gasteiger charge is -2.14. The fourth-order valence-electron chi connectivity index (χ4n) is 1.70. The van der Waals surface area contributed by atoms with Crippen LogP contribution in [0.1, 0.15) is 6.92 Å². The Balaban J connectivity index is 1.99. The second-order valence-corrected chi connectivity index (χ2v) is 4.48. The molecule has 1 atom stereocenters. The van der Waals surface area contributed by atoms with E-state index in [-0.39, 0.29) is 11.4 Å². The van der Waals surface area contributed by atoms with E-state index < -0.39 is 22.8 Å². The van der Waals surface area contributed by atoms with E-state index in [1.807, 2.05) is 0 Å². The van der Waals surface area contributed by atoms with Gasteiger partial charge < -0.3 is 10.1 Å². The molecule has 114 valence electrons. The molecule has 2 aromatic rings. The summed E-state index contributed by atoms with van der Waals surface area (Å²) >= 11 is 0. The number of benzene rings is 2. The van der Waals surface area contributed by atoms with Gasteiger partial charge in [-0.1, -0.05) is 12.1 Å². The minimum atomic E-state index is -0.888. The number of nitrogens with one attached hydrogen (secondary N) is 1. The zero-order chi connectivity index (χ0) is 16.1. The summed E-state index contributed by atoms with van der Waals surface area (Å²) in [6.07, 6.45) is -0.888. The molecule has 1 N–H and O–H groups in total. The molecule has 1 unspecified atom stereocenters. The number of anilines is 1. The number of hydrogen-bond donors (Lipinski definition) is 1. The van der Waals surface area contributed by atoms with E-state index in [2.05, 4.69) is 5.32 Å². The number of carbonyl (C=O) groups excluding carboxylic acids is 1. The normalized spacial score (nSPS) is 11.5. The average Bonchev–Trinajstić information content (AvgIpc) is 2.50. The molecule has 0 fully saturated rings. The van der Waals surface area contributed by atoms with Crippen molar-refractivity contribution in [3.8, 4) is 5.75 Å². The van der Waals surface area contributed by atoms with Crippen molar-refractivity contribution in [3.63, 3.8) is 0 Å². The molecule has 1 amide bonds. The van der Waals surface area contributed by atoms with Gasteiger partial charge in [-0.25, -0.2) is 4.39 Å². The maximum atomic E-state index is 13.4. The quantitative estimate of drug-likeness (QED) is 0.679. The number of halogens is 1. The summed E-state index contributed by atoms with van der Waals surface area (Å²) in [7, 11) is 0. The molecule has 2 rings (SSSR count). The van der Waals surface area contributed by atoms with Gasteiger partial charge in [0.15, 0.2) is 6.10 Å². The zero-order valence-corrected chi connectivity index (χ0v) is 11.7. The standard InChI is InChI=1S/C15H13FN2O4/c1-10(15(19)17-14-5-3-2-4-13(14)16)22-12-8-6-11(7-9-12)18(20)21/h2-10H,1H3,(H,17,19). The van der Waals surface area contributed by atoms with E-state index in [9.17, 15) is 19.3 Å². The summed E-state index contributed by atoms with van der Waals surface area (Å²) in [4.78, 5) is 21.9. The lowest BCUT2D eigenvalue weighted by molar-refractivity contribution is -0.384. The van der Waals surface area contributed by atoms with Crippen molar-refractivity contribution < 1.29 is 18.8 Å². The van der Waals surface area contributed by atoms with Crippen LogP contribution in [0.5, 0.6) is 5.75 Å². The molecule has 0 aliphatic carbocycles. The van der Waals surface area contributed by atoms with Gasteiger partial charge in [0.25, 0.3) is 11.6 Å². The van der Waals surface area contributed by atoms with Crippen LogP contribution < -0.4 is 10.1 Å². The molecule has 0 aromatic heterocycles. The molecule has 0 aliphatic heterocycles. The highest BCUT2D eigenvalue weighted by molar-refractivity contribution is 5.94. The highest BCUT2D eigenvalue weighted by Gasteiger charge is 2.16. The van der Waals surface area contributed by atoms with Gasteiger partial charge >= 0.3 is 0 Å². The number of hydrogen-bond acceptors (Lipinski definition) is 4. The SMILES string of the molecule is CC(Oc1ccc([N+](=O)[O-])cc1)C(=O)Nc1ccccc1F. The third-order valence-corrected chi connectivity index (χ3v) is 2.86. The van der Waals surface area contributed by atoms with Crippen molar-refractivity contribution >= 4 is 17.3 Å². The van der Waals surface area contributed by atoms with E-state index in [0.717, 1.165) is 0 Å². The summed E-state index contributed by atoms with van der Waals surface area (Å²) in [6.45, 7) is 1.50. The third kappa shape index (κ3) is 3.78. The predicted molar refractivity (Wildman–Crippen MR) is 78.2 cm³/mol. The first-order valence-corrected chi connectivity index (χ1v) is 6.44. The number of nitro benzene ring substituents is 1. The Morgan fingerprint density at radius 2 is 1.86 bits per heavy atom. The van der Waals surface area contributed by atoms with Gasteiger partial charge in [-0.15, -0.1) is 0 Å². The predicted octanol–water partition coefficient (Wildman–Crippen LogP) is 3.14. The van der Waals surface area contributed by atoms with Crippen molar-refractivity contribution in [1.29, 1.82) is 0 Å². The number of amides is 1. The van der Waals surface area contributed by atoms with Gasteiger partial charge in [-0.3, -0.25) is 14.9 Å². The highest BCUT2D eigenvalue weighted by Crippen LogP contribution is 2.19. The number of non-ortho nitro benzene ring substituents is 1. The molecule has 2 aromatic carbocycles. The molecule has 0 saturated heterocycles. The minimum absolute atomic E-state index is 0.0617. The summed E-state index contributed by atoms with van der Waals surface area (Å²) in [6, 6.07) is 11.1. The number of rotatable bonds is 5. The van der Waals surface area contributed by atoms with Crippen LogP contribution in [-0.4, -0.2) is 16.9 Å². The molecular weight excluding hydrogens is 291 g/mol. The van der Waals surface area contributed by atoms with E-state index >= 15 is 0 Å². The topological polar surface area (TPSA) is 81.5 Å². The summed E-state index contributed by atoms with van der Waals surface area (Å²) < 4.78 is 18.8. The molecule has 22 heavy (non-hydrogen) atoms. The third-order valence-electron chi connectivity index (χ3n) is 2.86. The van der Waals surface area contributed by atoms with Crippen LogP contribution in [0.15, 0.2) is 48.5 Å². The van der Waals surface area contributed by atoms with Crippen LogP contribution in [0.2, 0.25) is 0 Å². The van der Waals surface area contributed by atoms with Crippen LogP contribution >= 0.6 is 0 Å². The second kappa shape index (κ2) is 6.66. The average molecular weight is 304 g/mol. The molecule has 0 heterocycles. The van der Waals surface area contributed by atoms with Crippen molar-refractivity contribution in [2.24, 2.45) is 0 Å². The number of nitrogens with zero attached hydrogens (tertiary/aromatic N) is 1. The lowest BCUT2D eigenvalue weighted by atomic mass is 10.2. The van der Waals surface area contributed by atoms with Crippen LogP contribution in [0.3, 0.4) is 0 Å². The van der Waals surface area contributed by atoms with E-state index in [1.165, 1.54) is 49.4 Å². The fraction of sp³-hybridized carbons (Fsp3) is 0.133. The van der Waals surface area contributed by atoms with Crippen LogP contribution in [0, 0.1) is 15.9 Å². The summed E-state index contributed by atoms with van der Waals surface area (Å²) in [5.41, 5.74) is -0.0116. The van der Waals surface area contributed by atoms with Gasteiger partial charge in [0.1, 0.15) is 11.6 Å². The molecule has 0 spiro atoms. The molecule has 6 nitrogen and oxygen atoms in total. The van der Waals surface area contributed by atoms with Crippen molar-refractivity contribution in [1.82, 2.24) is 0 Å². The minimum Gasteiger partial charge on any atom is -0.481 e. The Labute approximate surface area is 125 Å². The Hall–Kier alpha value is -2.96. The van der Waals surface area contributed by atoms with Crippen molar-refractivity contribution in [3.05, 3.63) is 64.5 Å². The first-order valence-electron chi connectivity index (χ1n) is 6.44. The van der Waals surface area contributed by atoms with Gasteiger partial charge in [0, 0.05) is 12.1 Å². The first kappa shape index (κ1) is 15.4. The summed E-state index contributed by atoms with van der Waals surface area (Å²) in [5, 5.41) is 13.0. The number of para-hydroxylation sites is 1. The molecule has 0 saturated carbocycles. The van der Waals surface area contributed by atoms with Crippen LogP contribution in [0.25, 0.3) is 0 Å². The Morgan fingerprint density at radius 3 is 2.45 bits per heavy atom. The van der Waals surface area contributed by atoms with Gasteiger partial charge in [0.05, 0.1) is 10.6 Å². The molecule has 7 heteroatoms. The monoisotopic (exact) mass is 304 g/mol. The number of ether oxygens (including phenoxy) is 1. The largest absolute Gasteiger partial charge is 0.481 e. The fourth-order valence-corrected chi connectivity index (χ4v) is 1.70. The van der Waals surface area contributed by atoms with Crippen LogP contribution in [0.4, 0.5) is 15.8 Å². The maximum Gasteiger partial charge on any atom is 0.269 e. The van der Waals surface area contributed by atoms with Gasteiger partial charge in [0.2, 0.25) is 0 Å². The van der Waals surface area contributed by atoms with Crippen molar-refractivity contribution in [2.45, 2.75) is 13.0 Å². The molecule has 0 radical (unpaired) electrons. The van der Waals surface area contributed by atoms with E-state index in [4.69, 9.17) is 4.74 Å². The highest BCUT2D eigenvalue weighted by atomic mass is 19.1. The molecular formula is C15H13FN2O4. The smallest absolute Gasteiger partial charge is 0.269 e. The van der Waals surface area contributed by atoms with Gasteiger partial charge in [-0.2, -0.15) is 0 Å². The van der Waals surface area contributed by atoms with Crippen molar-refractivity contribution in [2.75, 3.05) is 5.32 Å². The number of carbonyl (C=O) groups is 1. The Morgan fingerprint density at radius 1 is 1.23 bits per heavy atom. The Bertz CT molecular complexity index is 688. The zero-order valence-electron chi connectivity index (χ0n) is 11.7. The lowest BCUT2D eigenvalue weighted by Crippen LogP contribution is -2.30.